The van der Waals surface area contributed by atoms with Gasteiger partial charge >= 0.3 is 17.1 Å². The van der Waals surface area contributed by atoms with Crippen LogP contribution in [0.4, 0.5) is 0 Å². The van der Waals surface area contributed by atoms with E-state index in [1.165, 1.54) is 103 Å². The Morgan fingerprint density at radius 1 is 0.444 bits per heavy atom. The van der Waals surface area contributed by atoms with Crippen LogP contribution in [0.25, 0.3) is 0 Å². The highest BCUT2D eigenvalue weighted by molar-refractivity contribution is 6.84. The summed E-state index contributed by atoms with van der Waals surface area (Å²) in [6, 6.07) is 0. The van der Waals surface area contributed by atoms with Crippen molar-refractivity contribution in [3.05, 3.63) is 0 Å². The highest BCUT2D eigenvalue weighted by Gasteiger charge is 2.62. The van der Waals surface area contributed by atoms with Crippen molar-refractivity contribution in [3.8, 4) is 0 Å². The second-order valence-corrected chi connectivity index (χ2v) is 17.7. The van der Waals surface area contributed by atoms with Gasteiger partial charge in [-0.15, -0.1) is 0 Å². The van der Waals surface area contributed by atoms with Crippen LogP contribution in [0.5, 0.6) is 0 Å². The Balaban J connectivity index is 1.70. The topological polar surface area (TPSA) is 27.7 Å². The number of hydrogen-bond donors (Lipinski definition) is 0. The maximum atomic E-state index is 7.69. The SMILES string of the molecule is CO[Si](O[Si](OC)(C1CCCC1)C1CCCC1)(C1CCCC1)C1CCCC1. The summed E-state index contributed by atoms with van der Waals surface area (Å²) in [4.78, 5) is 0. The zero-order valence-electron chi connectivity index (χ0n) is 17.8. The molecule has 0 atom stereocenters. The van der Waals surface area contributed by atoms with Crippen molar-refractivity contribution in [2.24, 2.45) is 0 Å². The van der Waals surface area contributed by atoms with Gasteiger partial charge in [-0.25, -0.2) is 0 Å². The van der Waals surface area contributed by atoms with Crippen LogP contribution in [0.15, 0.2) is 0 Å². The zero-order chi connectivity index (χ0) is 18.7. The van der Waals surface area contributed by atoms with Crippen molar-refractivity contribution in [1.29, 1.82) is 0 Å². The quantitative estimate of drug-likeness (QED) is 0.405. The van der Waals surface area contributed by atoms with Gasteiger partial charge in [0.05, 0.1) is 0 Å². The Morgan fingerprint density at radius 3 is 0.852 bits per heavy atom. The van der Waals surface area contributed by atoms with Crippen molar-refractivity contribution in [3.63, 3.8) is 0 Å². The molecule has 5 heteroatoms. The first kappa shape index (κ1) is 20.6. The lowest BCUT2D eigenvalue weighted by Gasteiger charge is -2.49. The molecule has 0 aromatic rings. The summed E-state index contributed by atoms with van der Waals surface area (Å²) in [5, 5.41) is 0. The van der Waals surface area contributed by atoms with Crippen LogP contribution in [-0.4, -0.2) is 31.3 Å². The van der Waals surface area contributed by atoms with Gasteiger partial charge in [0.25, 0.3) is 0 Å². The Labute approximate surface area is 169 Å². The smallest absolute Gasteiger partial charge is 0.335 e. The molecule has 3 nitrogen and oxygen atoms in total. The lowest BCUT2D eigenvalue weighted by Crippen LogP contribution is -2.62. The van der Waals surface area contributed by atoms with Gasteiger partial charge in [-0.1, -0.05) is 51.4 Å². The van der Waals surface area contributed by atoms with Crippen LogP contribution in [-0.2, 0) is 13.0 Å². The van der Waals surface area contributed by atoms with Crippen LogP contribution in [0.1, 0.15) is 103 Å². The van der Waals surface area contributed by atoms with Gasteiger partial charge in [0.15, 0.2) is 0 Å². The lowest BCUT2D eigenvalue weighted by atomic mass is 10.3. The van der Waals surface area contributed by atoms with Crippen LogP contribution in [0.3, 0.4) is 0 Å². The molecule has 0 aliphatic heterocycles. The second-order valence-electron chi connectivity index (χ2n) is 9.88. The van der Waals surface area contributed by atoms with Crippen molar-refractivity contribution in [2.75, 3.05) is 14.2 Å². The van der Waals surface area contributed by atoms with Crippen molar-refractivity contribution in [2.45, 2.75) is 125 Å². The van der Waals surface area contributed by atoms with E-state index in [1.807, 2.05) is 14.2 Å². The van der Waals surface area contributed by atoms with Crippen LogP contribution in [0.2, 0.25) is 22.2 Å². The van der Waals surface area contributed by atoms with E-state index in [-0.39, 0.29) is 0 Å². The molecule has 0 amide bonds. The van der Waals surface area contributed by atoms with Gasteiger partial charge in [0.2, 0.25) is 0 Å². The van der Waals surface area contributed by atoms with E-state index in [4.69, 9.17) is 13.0 Å². The van der Waals surface area contributed by atoms with E-state index in [9.17, 15) is 0 Å². The van der Waals surface area contributed by atoms with E-state index >= 15 is 0 Å². The Hall–Kier alpha value is 0.314. The molecule has 4 fully saturated rings. The summed E-state index contributed by atoms with van der Waals surface area (Å²) >= 11 is 0. The third-order valence-corrected chi connectivity index (χ3v) is 19.3. The Morgan fingerprint density at radius 2 is 0.667 bits per heavy atom. The minimum Gasteiger partial charge on any atom is -0.414 e. The summed E-state index contributed by atoms with van der Waals surface area (Å²) < 4.78 is 21.0. The van der Waals surface area contributed by atoms with Crippen LogP contribution < -0.4 is 0 Å². The minimum atomic E-state index is -2.26. The first-order chi connectivity index (χ1) is 13.2. The summed E-state index contributed by atoms with van der Waals surface area (Å²) in [5.41, 5.74) is 2.87. The molecule has 0 heterocycles. The highest BCUT2D eigenvalue weighted by atomic mass is 28.5. The van der Waals surface area contributed by atoms with Crippen LogP contribution in [0, 0.1) is 0 Å². The van der Waals surface area contributed by atoms with Gasteiger partial charge in [0.1, 0.15) is 0 Å². The zero-order valence-corrected chi connectivity index (χ0v) is 19.8. The summed E-state index contributed by atoms with van der Waals surface area (Å²) in [6.45, 7) is 0. The molecule has 0 spiro atoms. The maximum absolute atomic E-state index is 7.69. The average Bonchev–Trinajstić information content (AvgIpc) is 3.52. The fraction of sp³-hybridized carbons (Fsp3) is 1.00. The van der Waals surface area contributed by atoms with E-state index < -0.39 is 17.1 Å². The van der Waals surface area contributed by atoms with E-state index in [2.05, 4.69) is 0 Å². The molecular formula is C22H42O3Si2. The third-order valence-electron chi connectivity index (χ3n) is 8.65. The molecule has 4 rings (SSSR count). The van der Waals surface area contributed by atoms with Gasteiger partial charge in [0, 0.05) is 36.4 Å². The summed E-state index contributed by atoms with van der Waals surface area (Å²) in [7, 11) is -0.486. The molecule has 4 aliphatic carbocycles. The first-order valence-electron chi connectivity index (χ1n) is 12.1. The maximum Gasteiger partial charge on any atom is 0.335 e. The molecular weight excluding hydrogens is 368 g/mol. The average molecular weight is 411 g/mol. The molecule has 0 saturated heterocycles. The predicted molar refractivity (Wildman–Crippen MR) is 115 cm³/mol. The van der Waals surface area contributed by atoms with Gasteiger partial charge in [-0.3, -0.25) is 0 Å². The molecule has 4 saturated carbocycles. The minimum absolute atomic E-state index is 0.718. The molecule has 0 aromatic heterocycles. The van der Waals surface area contributed by atoms with Crippen molar-refractivity contribution < 1.29 is 13.0 Å². The first-order valence-corrected chi connectivity index (χ1v) is 16.0. The van der Waals surface area contributed by atoms with E-state index in [1.54, 1.807) is 0 Å². The largest absolute Gasteiger partial charge is 0.414 e. The number of hydrogen-bond acceptors (Lipinski definition) is 3. The lowest BCUT2D eigenvalue weighted by molar-refractivity contribution is 0.194. The Bertz CT molecular complexity index is 388. The molecule has 4 aliphatic rings. The van der Waals surface area contributed by atoms with Crippen molar-refractivity contribution >= 4 is 17.1 Å². The predicted octanol–water partition coefficient (Wildman–Crippen LogP) is 6.96. The molecule has 156 valence electrons. The fourth-order valence-corrected chi connectivity index (χ4v) is 20.2. The highest BCUT2D eigenvalue weighted by Crippen LogP contribution is 2.57. The van der Waals surface area contributed by atoms with E-state index in [0.29, 0.717) is 0 Å². The molecule has 0 N–H and O–H groups in total. The Kier molecular flexibility index (Phi) is 6.85. The van der Waals surface area contributed by atoms with Gasteiger partial charge < -0.3 is 13.0 Å². The normalized spacial score (nSPS) is 27.3. The monoisotopic (exact) mass is 410 g/mol. The van der Waals surface area contributed by atoms with Crippen molar-refractivity contribution in [1.82, 2.24) is 0 Å². The second kappa shape index (κ2) is 8.99. The third kappa shape index (κ3) is 3.76. The fourth-order valence-electron chi connectivity index (χ4n) is 7.31. The molecule has 0 unspecified atom stereocenters. The number of rotatable bonds is 8. The molecule has 0 radical (unpaired) electrons. The molecule has 0 bridgehead atoms. The van der Waals surface area contributed by atoms with Crippen LogP contribution >= 0.6 is 0 Å². The standard InChI is InChI=1S/C22H42O3Si2/c1-23-26(19-11-3-4-12-19,20-13-5-6-14-20)25-27(24-2,21-15-7-8-16-21)22-17-9-10-18-22/h19-22H,3-18H2,1-2H3. The molecule has 27 heavy (non-hydrogen) atoms. The summed E-state index contributed by atoms with van der Waals surface area (Å²) in [6.07, 6.45) is 21.8. The molecule has 0 aromatic carbocycles. The summed E-state index contributed by atoms with van der Waals surface area (Å²) in [5.74, 6) is 0. The van der Waals surface area contributed by atoms with Gasteiger partial charge in [-0.2, -0.15) is 0 Å². The van der Waals surface area contributed by atoms with E-state index in [0.717, 1.165) is 22.2 Å². The van der Waals surface area contributed by atoms with Gasteiger partial charge in [-0.05, 0) is 51.4 Å².